The molecule has 2 aromatic rings. The molecule has 2 aromatic carbocycles. The van der Waals surface area contributed by atoms with Gasteiger partial charge in [0.2, 0.25) is 5.91 Å². The van der Waals surface area contributed by atoms with Crippen LogP contribution in [0.15, 0.2) is 53.4 Å². The third-order valence-electron chi connectivity index (χ3n) is 6.52. The molecule has 5 rings (SSSR count). The van der Waals surface area contributed by atoms with Gasteiger partial charge >= 0.3 is 0 Å². The number of ether oxygens (including phenoxy) is 2. The zero-order valence-electron chi connectivity index (χ0n) is 17.2. The minimum Gasteiger partial charge on any atom is -0.486 e. The van der Waals surface area contributed by atoms with Crippen molar-refractivity contribution in [1.82, 2.24) is 5.32 Å². The van der Waals surface area contributed by atoms with E-state index < -0.39 is 10.0 Å². The number of carbonyl (C=O) groups is 1. The van der Waals surface area contributed by atoms with E-state index in [4.69, 9.17) is 9.47 Å². The average molecular weight is 443 g/mol. The Kier molecular flexibility index (Phi) is 5.25. The molecule has 2 fully saturated rings. The van der Waals surface area contributed by atoms with Crippen LogP contribution in [0, 0.1) is 11.8 Å². The molecule has 1 aliphatic heterocycles. The van der Waals surface area contributed by atoms with Crippen LogP contribution in [0.25, 0.3) is 0 Å². The van der Waals surface area contributed by atoms with E-state index >= 15 is 0 Å². The molecule has 0 spiro atoms. The fourth-order valence-corrected chi connectivity index (χ4v) is 6.46. The summed E-state index contributed by atoms with van der Waals surface area (Å²) in [6, 6.07) is 13.3. The summed E-state index contributed by atoms with van der Waals surface area (Å²) in [7, 11) is -3.94. The van der Waals surface area contributed by atoms with Gasteiger partial charge in [0, 0.05) is 12.1 Å². The Balaban J connectivity index is 1.43. The second-order valence-corrected chi connectivity index (χ2v) is 10.4. The second kappa shape index (κ2) is 8.07. The number of sulfonamides is 1. The number of benzene rings is 2. The number of amides is 1. The summed E-state index contributed by atoms with van der Waals surface area (Å²) in [6.07, 6.45) is 4.54. The summed E-state index contributed by atoms with van der Waals surface area (Å²) < 4.78 is 39.3. The highest BCUT2D eigenvalue weighted by molar-refractivity contribution is 7.92. The van der Waals surface area contributed by atoms with Crippen molar-refractivity contribution in [2.75, 3.05) is 24.1 Å². The number of hydrogen-bond donors (Lipinski definition) is 1. The van der Waals surface area contributed by atoms with Gasteiger partial charge in [0.05, 0.1) is 10.6 Å². The third-order valence-corrected chi connectivity index (χ3v) is 8.30. The first kappa shape index (κ1) is 20.2. The summed E-state index contributed by atoms with van der Waals surface area (Å²) >= 11 is 0. The van der Waals surface area contributed by atoms with E-state index in [-0.39, 0.29) is 23.4 Å². The Hall–Kier alpha value is -2.74. The molecule has 0 unspecified atom stereocenters. The van der Waals surface area contributed by atoms with Gasteiger partial charge in [0.1, 0.15) is 19.8 Å². The molecule has 0 saturated heterocycles. The molecule has 2 bridgehead atoms. The average Bonchev–Trinajstić information content (AvgIpc) is 3.41. The van der Waals surface area contributed by atoms with Gasteiger partial charge in [-0.25, -0.2) is 8.42 Å². The van der Waals surface area contributed by atoms with Crippen molar-refractivity contribution < 1.29 is 22.7 Å². The van der Waals surface area contributed by atoms with Crippen molar-refractivity contribution in [2.45, 2.75) is 36.6 Å². The Bertz CT molecular complexity index is 1070. The molecule has 8 heteroatoms. The molecule has 3 aliphatic rings. The van der Waals surface area contributed by atoms with Crippen molar-refractivity contribution in [3.63, 3.8) is 0 Å². The molecule has 2 saturated carbocycles. The summed E-state index contributed by atoms with van der Waals surface area (Å²) in [4.78, 5) is 13.1. The molecular formula is C23H26N2O5S. The Morgan fingerprint density at radius 3 is 2.48 bits per heavy atom. The van der Waals surface area contributed by atoms with E-state index in [9.17, 15) is 13.2 Å². The van der Waals surface area contributed by atoms with Gasteiger partial charge in [-0.3, -0.25) is 9.10 Å². The summed E-state index contributed by atoms with van der Waals surface area (Å²) in [5.41, 5.74) is 0.371. The molecular weight excluding hydrogens is 416 g/mol. The molecule has 0 aromatic heterocycles. The normalized spacial score (nSPS) is 24.1. The zero-order valence-corrected chi connectivity index (χ0v) is 18.0. The van der Waals surface area contributed by atoms with Crippen molar-refractivity contribution in [3.05, 3.63) is 48.5 Å². The highest BCUT2D eigenvalue weighted by Gasteiger charge is 2.40. The van der Waals surface area contributed by atoms with Crippen LogP contribution in [0.5, 0.6) is 11.5 Å². The first-order valence-corrected chi connectivity index (χ1v) is 12.2. The van der Waals surface area contributed by atoms with Gasteiger partial charge in [0.25, 0.3) is 10.0 Å². The number of nitrogens with one attached hydrogen (secondary N) is 1. The van der Waals surface area contributed by atoms with E-state index in [1.165, 1.54) is 25.0 Å². The van der Waals surface area contributed by atoms with Gasteiger partial charge in [-0.1, -0.05) is 24.6 Å². The molecule has 3 atom stereocenters. The van der Waals surface area contributed by atoms with Crippen LogP contribution in [0.4, 0.5) is 5.69 Å². The topological polar surface area (TPSA) is 84.9 Å². The molecule has 1 N–H and O–H groups in total. The summed E-state index contributed by atoms with van der Waals surface area (Å²) in [6.45, 7) is 0.557. The monoisotopic (exact) mass is 442 g/mol. The van der Waals surface area contributed by atoms with E-state index in [0.717, 1.165) is 17.1 Å². The maximum atomic E-state index is 13.5. The highest BCUT2D eigenvalue weighted by Crippen LogP contribution is 2.44. The molecule has 31 heavy (non-hydrogen) atoms. The van der Waals surface area contributed by atoms with Crippen LogP contribution in [-0.2, 0) is 14.8 Å². The lowest BCUT2D eigenvalue weighted by Crippen LogP contribution is -2.46. The van der Waals surface area contributed by atoms with Crippen molar-refractivity contribution in [2.24, 2.45) is 11.8 Å². The number of carbonyl (C=O) groups excluding carboxylic acids is 1. The predicted octanol–water partition coefficient (Wildman–Crippen LogP) is 2.96. The fraction of sp³-hybridized carbons (Fsp3) is 0.435. The number of anilines is 1. The SMILES string of the molecule is O=C(CN(c1ccc2c(c1)OCCO2)S(=O)(=O)c1ccccc1)N[C@@H]1C[C@@H]2CC[C@@H]1C2. The standard InChI is InChI=1S/C23H26N2O5S/c26-23(24-20-13-16-6-7-17(20)12-16)15-25(31(27,28)19-4-2-1-3-5-19)18-8-9-21-22(14-18)30-11-10-29-21/h1-5,8-9,14,16-17,20H,6-7,10-13,15H2,(H,24,26)/t16-,17-,20-/m1/s1. The van der Waals surface area contributed by atoms with Crippen LogP contribution in [0.1, 0.15) is 25.7 Å². The summed E-state index contributed by atoms with van der Waals surface area (Å²) in [5.74, 6) is 1.97. The maximum Gasteiger partial charge on any atom is 0.264 e. The Morgan fingerprint density at radius 1 is 1.00 bits per heavy atom. The van der Waals surface area contributed by atoms with Gasteiger partial charge in [0.15, 0.2) is 11.5 Å². The van der Waals surface area contributed by atoms with Crippen LogP contribution in [0.2, 0.25) is 0 Å². The molecule has 7 nitrogen and oxygen atoms in total. The fourth-order valence-electron chi connectivity index (χ4n) is 5.03. The quantitative estimate of drug-likeness (QED) is 0.744. The van der Waals surface area contributed by atoms with E-state index in [1.807, 2.05) is 0 Å². The van der Waals surface area contributed by atoms with Crippen LogP contribution >= 0.6 is 0 Å². The number of nitrogens with zero attached hydrogens (tertiary/aromatic N) is 1. The largest absolute Gasteiger partial charge is 0.486 e. The Labute approximate surface area is 182 Å². The first-order valence-electron chi connectivity index (χ1n) is 10.8. The number of rotatable bonds is 6. The predicted molar refractivity (Wildman–Crippen MR) is 116 cm³/mol. The molecule has 2 aliphatic carbocycles. The van der Waals surface area contributed by atoms with E-state index in [1.54, 1.807) is 36.4 Å². The van der Waals surface area contributed by atoms with Crippen LogP contribution in [0.3, 0.4) is 0 Å². The van der Waals surface area contributed by atoms with Crippen LogP contribution in [-0.4, -0.2) is 40.1 Å². The van der Waals surface area contributed by atoms with Gasteiger partial charge in [-0.05, 0) is 55.4 Å². The summed E-state index contributed by atoms with van der Waals surface area (Å²) in [5, 5.41) is 3.10. The van der Waals surface area contributed by atoms with Crippen molar-refractivity contribution in [3.8, 4) is 11.5 Å². The lowest BCUT2D eigenvalue weighted by atomic mass is 9.95. The number of hydrogen-bond acceptors (Lipinski definition) is 5. The van der Waals surface area contributed by atoms with E-state index in [0.29, 0.717) is 42.2 Å². The van der Waals surface area contributed by atoms with Crippen molar-refractivity contribution in [1.29, 1.82) is 0 Å². The van der Waals surface area contributed by atoms with Crippen molar-refractivity contribution >= 4 is 21.6 Å². The number of fused-ring (bicyclic) bond motifs is 3. The highest BCUT2D eigenvalue weighted by atomic mass is 32.2. The molecule has 0 radical (unpaired) electrons. The van der Waals surface area contributed by atoms with Gasteiger partial charge in [-0.2, -0.15) is 0 Å². The van der Waals surface area contributed by atoms with Gasteiger partial charge in [-0.15, -0.1) is 0 Å². The zero-order chi connectivity index (χ0) is 21.4. The van der Waals surface area contributed by atoms with E-state index in [2.05, 4.69) is 5.32 Å². The lowest BCUT2D eigenvalue weighted by Gasteiger charge is -2.28. The second-order valence-electron chi connectivity index (χ2n) is 8.50. The molecule has 164 valence electrons. The third kappa shape index (κ3) is 3.96. The van der Waals surface area contributed by atoms with Crippen LogP contribution < -0.4 is 19.1 Å². The van der Waals surface area contributed by atoms with Gasteiger partial charge < -0.3 is 14.8 Å². The Morgan fingerprint density at radius 2 is 1.77 bits per heavy atom. The maximum absolute atomic E-state index is 13.5. The first-order chi connectivity index (χ1) is 15.0. The smallest absolute Gasteiger partial charge is 0.264 e. The lowest BCUT2D eigenvalue weighted by molar-refractivity contribution is -0.120. The molecule has 1 heterocycles. The molecule has 1 amide bonds. The minimum atomic E-state index is -3.94. The minimum absolute atomic E-state index is 0.137.